The summed E-state index contributed by atoms with van der Waals surface area (Å²) in [6, 6.07) is 5.54. The minimum Gasteiger partial charge on any atom is -0.495 e. The third-order valence-corrected chi connectivity index (χ3v) is 3.64. The molecule has 0 aliphatic heterocycles. The summed E-state index contributed by atoms with van der Waals surface area (Å²) < 4.78 is 16.2. The molecule has 5 heteroatoms. The van der Waals surface area contributed by atoms with Gasteiger partial charge < -0.3 is 19.2 Å². The summed E-state index contributed by atoms with van der Waals surface area (Å²) in [6.45, 7) is 2.00. The molecule has 0 fully saturated rings. The van der Waals surface area contributed by atoms with Crippen LogP contribution in [0.3, 0.4) is 0 Å². The lowest BCUT2D eigenvalue weighted by Gasteiger charge is -2.20. The average Bonchev–Trinajstić information content (AvgIpc) is 2.86. The van der Waals surface area contributed by atoms with E-state index in [4.69, 9.17) is 25.5 Å². The third kappa shape index (κ3) is 2.49. The first-order valence-electron chi connectivity index (χ1n) is 6.25. The van der Waals surface area contributed by atoms with E-state index in [-0.39, 0.29) is 6.04 Å². The molecule has 2 aromatic rings. The Labute approximate surface area is 123 Å². The van der Waals surface area contributed by atoms with Crippen LogP contribution in [0.25, 0.3) is 0 Å². The van der Waals surface area contributed by atoms with E-state index < -0.39 is 0 Å². The smallest absolute Gasteiger partial charge is 0.146 e. The maximum atomic E-state index is 6.31. The van der Waals surface area contributed by atoms with Crippen molar-refractivity contribution in [3.05, 3.63) is 46.4 Å². The zero-order chi connectivity index (χ0) is 14.7. The Hall–Kier alpha value is -1.65. The predicted octanol–water partition coefficient (Wildman–Crippen LogP) is 3.57. The summed E-state index contributed by atoms with van der Waals surface area (Å²) in [7, 11) is 5.03. The Balaban J connectivity index is 2.56. The number of hydrogen-bond acceptors (Lipinski definition) is 4. The van der Waals surface area contributed by atoms with Gasteiger partial charge in [-0.25, -0.2) is 0 Å². The molecule has 0 aliphatic carbocycles. The lowest BCUT2D eigenvalue weighted by molar-refractivity contribution is 0.383. The van der Waals surface area contributed by atoms with Gasteiger partial charge in [0.05, 0.1) is 26.5 Å². The Morgan fingerprint density at radius 2 is 1.95 bits per heavy atom. The molecule has 1 atom stereocenters. The first kappa shape index (κ1) is 14.8. The molecule has 0 radical (unpaired) electrons. The van der Waals surface area contributed by atoms with Crippen molar-refractivity contribution in [1.29, 1.82) is 0 Å². The monoisotopic (exact) mass is 295 g/mol. The van der Waals surface area contributed by atoms with Crippen LogP contribution in [0, 0.1) is 6.92 Å². The topological polar surface area (TPSA) is 43.6 Å². The van der Waals surface area contributed by atoms with Crippen molar-refractivity contribution in [2.75, 3.05) is 21.3 Å². The van der Waals surface area contributed by atoms with E-state index in [2.05, 4.69) is 5.32 Å². The predicted molar refractivity (Wildman–Crippen MR) is 78.9 cm³/mol. The fourth-order valence-electron chi connectivity index (χ4n) is 2.25. The maximum Gasteiger partial charge on any atom is 0.146 e. The first-order chi connectivity index (χ1) is 9.63. The highest BCUT2D eigenvalue weighted by Gasteiger charge is 2.24. The number of hydrogen-bond donors (Lipinski definition) is 1. The second-order valence-corrected chi connectivity index (χ2v) is 4.77. The molecular formula is C15H18ClNO3. The van der Waals surface area contributed by atoms with Crippen LogP contribution in [0.5, 0.6) is 11.5 Å². The van der Waals surface area contributed by atoms with Gasteiger partial charge in [-0.3, -0.25) is 0 Å². The molecule has 20 heavy (non-hydrogen) atoms. The molecule has 1 N–H and O–H groups in total. The van der Waals surface area contributed by atoms with E-state index in [1.807, 2.05) is 32.2 Å². The summed E-state index contributed by atoms with van der Waals surface area (Å²) in [5.74, 6) is 2.01. The van der Waals surface area contributed by atoms with Crippen molar-refractivity contribution in [3.63, 3.8) is 0 Å². The summed E-state index contributed by atoms with van der Waals surface area (Å²) in [5.41, 5.74) is 1.97. The van der Waals surface area contributed by atoms with Crippen LogP contribution in [-0.2, 0) is 0 Å². The molecule has 0 bridgehead atoms. The van der Waals surface area contributed by atoms with Crippen molar-refractivity contribution in [2.45, 2.75) is 13.0 Å². The number of halogens is 1. The highest BCUT2D eigenvalue weighted by molar-refractivity contribution is 6.33. The zero-order valence-corrected chi connectivity index (χ0v) is 12.7. The molecule has 1 heterocycles. The molecule has 0 saturated carbocycles. The van der Waals surface area contributed by atoms with E-state index >= 15 is 0 Å². The Morgan fingerprint density at radius 1 is 1.20 bits per heavy atom. The second-order valence-electron chi connectivity index (χ2n) is 4.39. The molecule has 108 valence electrons. The lowest BCUT2D eigenvalue weighted by atomic mass is 10.0. The van der Waals surface area contributed by atoms with Crippen molar-refractivity contribution >= 4 is 11.6 Å². The van der Waals surface area contributed by atoms with Crippen LogP contribution < -0.4 is 14.8 Å². The van der Waals surface area contributed by atoms with E-state index in [9.17, 15) is 0 Å². The fraction of sp³-hybridized carbons (Fsp3) is 0.333. The van der Waals surface area contributed by atoms with Crippen LogP contribution in [0.15, 0.2) is 28.9 Å². The van der Waals surface area contributed by atoms with Gasteiger partial charge in [0.2, 0.25) is 0 Å². The average molecular weight is 296 g/mol. The SMILES string of the molecule is CNC(c1ccc(OC)c(Cl)c1OC)c1occc1C. The Bertz CT molecular complexity index is 595. The normalized spacial score (nSPS) is 12.2. The highest BCUT2D eigenvalue weighted by Crippen LogP contribution is 2.41. The van der Waals surface area contributed by atoms with Crippen molar-refractivity contribution in [2.24, 2.45) is 0 Å². The molecule has 1 aromatic carbocycles. The van der Waals surface area contributed by atoms with Crippen LogP contribution in [0.1, 0.15) is 22.9 Å². The minimum absolute atomic E-state index is 0.136. The van der Waals surface area contributed by atoms with Crippen molar-refractivity contribution < 1.29 is 13.9 Å². The number of furan rings is 1. The van der Waals surface area contributed by atoms with Crippen LogP contribution in [-0.4, -0.2) is 21.3 Å². The summed E-state index contributed by atoms with van der Waals surface area (Å²) in [6.07, 6.45) is 1.67. The van der Waals surface area contributed by atoms with Crippen LogP contribution in [0.4, 0.5) is 0 Å². The quantitative estimate of drug-likeness (QED) is 0.916. The van der Waals surface area contributed by atoms with Crippen LogP contribution >= 0.6 is 11.6 Å². The molecule has 0 amide bonds. The summed E-state index contributed by atoms with van der Waals surface area (Å²) in [4.78, 5) is 0. The molecule has 0 spiro atoms. The van der Waals surface area contributed by atoms with Crippen molar-refractivity contribution in [3.8, 4) is 11.5 Å². The fourth-order valence-corrected chi connectivity index (χ4v) is 2.58. The van der Waals surface area contributed by atoms with E-state index in [0.717, 1.165) is 16.9 Å². The van der Waals surface area contributed by atoms with Crippen LogP contribution in [0.2, 0.25) is 5.02 Å². The van der Waals surface area contributed by atoms with E-state index in [1.165, 1.54) is 0 Å². The van der Waals surface area contributed by atoms with Gasteiger partial charge in [0.1, 0.15) is 22.3 Å². The van der Waals surface area contributed by atoms with Gasteiger partial charge in [0, 0.05) is 5.56 Å². The van der Waals surface area contributed by atoms with Gasteiger partial charge in [0.15, 0.2) is 0 Å². The number of ether oxygens (including phenoxy) is 2. The highest BCUT2D eigenvalue weighted by atomic mass is 35.5. The molecule has 0 saturated heterocycles. The van der Waals surface area contributed by atoms with Gasteiger partial charge in [-0.15, -0.1) is 0 Å². The summed E-state index contributed by atoms with van der Waals surface area (Å²) >= 11 is 6.31. The third-order valence-electron chi connectivity index (χ3n) is 3.28. The Morgan fingerprint density at radius 3 is 2.45 bits per heavy atom. The molecule has 2 rings (SSSR count). The molecule has 4 nitrogen and oxygen atoms in total. The second kappa shape index (κ2) is 6.20. The van der Waals surface area contributed by atoms with Gasteiger partial charge >= 0.3 is 0 Å². The summed E-state index contributed by atoms with van der Waals surface area (Å²) in [5, 5.41) is 3.68. The number of aryl methyl sites for hydroxylation is 1. The molecular weight excluding hydrogens is 278 g/mol. The zero-order valence-electron chi connectivity index (χ0n) is 12.0. The number of methoxy groups -OCH3 is 2. The molecule has 1 unspecified atom stereocenters. The van der Waals surface area contributed by atoms with Crippen molar-refractivity contribution in [1.82, 2.24) is 5.32 Å². The standard InChI is InChI=1S/C15H18ClNO3/c1-9-7-8-20-14(9)13(17-2)10-5-6-11(18-3)12(16)15(10)19-4/h5-8,13,17H,1-4H3. The number of rotatable bonds is 5. The molecule has 1 aromatic heterocycles. The van der Waals surface area contributed by atoms with E-state index in [1.54, 1.807) is 20.5 Å². The molecule has 0 aliphatic rings. The lowest BCUT2D eigenvalue weighted by Crippen LogP contribution is -2.19. The van der Waals surface area contributed by atoms with Gasteiger partial charge in [-0.1, -0.05) is 11.6 Å². The number of nitrogens with one attached hydrogen (secondary N) is 1. The minimum atomic E-state index is -0.136. The Kier molecular flexibility index (Phi) is 4.57. The number of benzene rings is 1. The largest absolute Gasteiger partial charge is 0.495 e. The maximum absolute atomic E-state index is 6.31. The first-order valence-corrected chi connectivity index (χ1v) is 6.63. The van der Waals surface area contributed by atoms with Gasteiger partial charge in [-0.2, -0.15) is 0 Å². The van der Waals surface area contributed by atoms with Gasteiger partial charge in [0.25, 0.3) is 0 Å². The van der Waals surface area contributed by atoms with E-state index in [0.29, 0.717) is 16.5 Å². The van der Waals surface area contributed by atoms with Gasteiger partial charge in [-0.05, 0) is 37.7 Å².